The molecule has 1 unspecified atom stereocenters. The fraction of sp³-hybridized carbons (Fsp3) is 0.461. The number of hydrogen-bond donors (Lipinski definition) is 14. The van der Waals surface area contributed by atoms with Crippen LogP contribution in [0, 0.1) is 0 Å². The second-order valence-corrected chi connectivity index (χ2v) is 35.3. The number of likely N-dealkylation sites (tertiary alicyclic amines) is 2. The summed E-state index contributed by atoms with van der Waals surface area (Å²) in [4.78, 5) is 126. The van der Waals surface area contributed by atoms with Crippen molar-refractivity contribution in [2.75, 3.05) is 137 Å². The lowest BCUT2D eigenvalue weighted by molar-refractivity contribution is 0.0524. The first-order valence-electron chi connectivity index (χ1n) is 45.3. The number of hydrogen-bond acceptors (Lipinski definition) is 29. The summed E-state index contributed by atoms with van der Waals surface area (Å²) in [5.41, 5.74) is 2.78. The molecule has 12 aromatic heterocycles. The molecule has 8 aliphatic rings. The molecule has 714 valence electrons. The fourth-order valence-corrected chi connectivity index (χ4v) is 17.6. The van der Waals surface area contributed by atoms with Gasteiger partial charge in [-0.05, 0) is 140 Å². The van der Waals surface area contributed by atoms with Crippen LogP contribution < -0.4 is 91.4 Å². The van der Waals surface area contributed by atoms with Gasteiger partial charge in [0.05, 0.1) is 66.2 Å². The molecule has 3 saturated heterocycles. The number of halogens is 5. The molecule has 0 spiro atoms. The smallest absolute Gasteiger partial charge is 0.274 e. The van der Waals surface area contributed by atoms with Gasteiger partial charge in [-0.3, -0.25) is 43.3 Å². The van der Waals surface area contributed by atoms with Crippen molar-refractivity contribution in [3.05, 3.63) is 185 Å². The summed E-state index contributed by atoms with van der Waals surface area (Å²) in [7, 11) is 10.6. The third-order valence-corrected chi connectivity index (χ3v) is 25.4. The van der Waals surface area contributed by atoms with Crippen LogP contribution in [0.3, 0.4) is 0 Å². The van der Waals surface area contributed by atoms with Crippen molar-refractivity contribution in [3.8, 4) is 0 Å². The Balaban J connectivity index is 0.000000125. The van der Waals surface area contributed by atoms with Gasteiger partial charge in [0.1, 0.15) is 117 Å². The zero-order valence-electron chi connectivity index (χ0n) is 75.1. The van der Waals surface area contributed by atoms with Crippen LogP contribution in [0.15, 0.2) is 135 Å². The highest BCUT2D eigenvalue weighted by Crippen LogP contribution is 2.35. The summed E-state index contributed by atoms with van der Waals surface area (Å²) in [6, 6.07) is 17.3. The summed E-state index contributed by atoms with van der Waals surface area (Å²) in [6.07, 6.45) is 20.0. The van der Waals surface area contributed by atoms with E-state index in [1.165, 1.54) is 38.3 Å². The van der Waals surface area contributed by atoms with Crippen LogP contribution in [0.4, 0.5) is 86.9 Å². The van der Waals surface area contributed by atoms with Crippen molar-refractivity contribution < 1.29 is 46.6 Å². The number of methoxy groups -OCH3 is 1. The molecule has 0 aromatic carbocycles. The van der Waals surface area contributed by atoms with Crippen LogP contribution >= 0.6 is 11.6 Å². The maximum atomic E-state index is 13.3. The first-order valence-corrected chi connectivity index (χ1v) is 45.7. The van der Waals surface area contributed by atoms with Gasteiger partial charge in [0, 0.05) is 154 Å². The molecule has 4 amide bonds. The third kappa shape index (κ3) is 21.0. The van der Waals surface area contributed by atoms with Crippen LogP contribution in [0.2, 0.25) is 5.02 Å². The number of fused-ring (bicyclic) bond motifs is 4. The number of aliphatic hydroxyl groups excluding tert-OH is 1. The molecule has 12 atom stereocenters. The van der Waals surface area contributed by atoms with E-state index in [1.807, 2.05) is 18.0 Å². The SMILES string of the molecule is CNc1cc(Nc2cc(Cl)cn([C@H]3CCCN(C)C3)c2=O)nc2c(C(=O)N[C@@H]3C[C@@H]3F)cnn12.CNc1cc(Nc2cccn(C3CCCN(CCF)C3)c2=O)nc2c(C(=O)N[C@@H]3C[C@@H]3F)cnn12.CNc1cc(Nc2cccn([C@@H]3CCC[C@H](OC)C3)c2=O)nc2c(C(=O)N[C@@H]3C[C@@H]3F)cnn12.CNc1cc(Nc2cccn([C@H]3CNCC[C@H]3O)c2=O)nc2c(C(=O)NC3CC3)cnn12. The van der Waals surface area contributed by atoms with Gasteiger partial charge < -0.3 is 102 Å². The van der Waals surface area contributed by atoms with Crippen molar-refractivity contribution in [1.29, 1.82) is 0 Å². The average molecular weight is 1880 g/mol. The molecule has 14 N–H and O–H groups in total. The van der Waals surface area contributed by atoms with Crippen LogP contribution in [0.25, 0.3) is 22.6 Å². The molecule has 0 radical (unpaired) electrons. The second kappa shape index (κ2) is 40.7. The Kier molecular flexibility index (Phi) is 28.1. The van der Waals surface area contributed by atoms with Gasteiger partial charge in [-0.15, -0.1) is 0 Å². The van der Waals surface area contributed by atoms with Gasteiger partial charge in [0.15, 0.2) is 22.6 Å². The van der Waals surface area contributed by atoms with Crippen LogP contribution in [0.1, 0.15) is 155 Å². The third-order valence-electron chi connectivity index (χ3n) is 25.2. The Labute approximate surface area is 774 Å². The predicted octanol–water partition coefficient (Wildman–Crippen LogP) is 7.67. The van der Waals surface area contributed by atoms with E-state index in [0.717, 1.165) is 90.4 Å². The fourth-order valence-electron chi connectivity index (χ4n) is 17.4. The Morgan fingerprint density at radius 2 is 0.881 bits per heavy atom. The Hall–Kier alpha value is -13.6. The number of carbonyl (C=O) groups excluding carboxylic acids is 4. The number of ether oxygens (including phenoxy) is 1. The average Bonchev–Trinajstić information content (AvgIpc) is 1.61. The number of nitrogens with zero attached hydrogens (tertiary/aromatic N) is 18. The quantitative estimate of drug-likeness (QED) is 0.0219. The van der Waals surface area contributed by atoms with E-state index in [1.54, 1.807) is 144 Å². The van der Waals surface area contributed by atoms with Crippen molar-refractivity contribution in [1.82, 2.24) is 113 Å². The lowest BCUT2D eigenvalue weighted by Crippen LogP contribution is -2.44. The maximum Gasteiger partial charge on any atom is 0.274 e. The molecular formula is C89H108ClF4N31O10. The highest BCUT2D eigenvalue weighted by atomic mass is 35.5. The molecule has 3 aliphatic heterocycles. The molecule has 15 heterocycles. The lowest BCUT2D eigenvalue weighted by atomic mass is 9.92. The first kappa shape index (κ1) is 93.2. The molecule has 12 aromatic rings. The minimum Gasteiger partial charge on any atom is -0.391 e. The number of alkyl halides is 4. The summed E-state index contributed by atoms with van der Waals surface area (Å²) in [5, 5.41) is 66.4. The summed E-state index contributed by atoms with van der Waals surface area (Å²) >= 11 is 6.37. The largest absolute Gasteiger partial charge is 0.391 e. The number of rotatable bonds is 27. The van der Waals surface area contributed by atoms with E-state index in [9.17, 15) is 61.0 Å². The van der Waals surface area contributed by atoms with Crippen molar-refractivity contribution in [2.45, 2.75) is 169 Å². The van der Waals surface area contributed by atoms with Gasteiger partial charge >= 0.3 is 0 Å². The summed E-state index contributed by atoms with van der Waals surface area (Å²) in [5.74, 6) is 2.24. The lowest BCUT2D eigenvalue weighted by Gasteiger charge is -2.33. The predicted molar refractivity (Wildman–Crippen MR) is 501 cm³/mol. The van der Waals surface area contributed by atoms with E-state index in [4.69, 9.17) is 16.3 Å². The van der Waals surface area contributed by atoms with Gasteiger partial charge in [0.25, 0.3) is 45.9 Å². The van der Waals surface area contributed by atoms with Crippen molar-refractivity contribution in [3.63, 3.8) is 0 Å². The first-order chi connectivity index (χ1) is 65.3. The molecule has 5 saturated carbocycles. The Morgan fingerprint density at radius 3 is 1.29 bits per heavy atom. The van der Waals surface area contributed by atoms with E-state index in [-0.39, 0.29) is 98.1 Å². The monoisotopic (exact) mass is 1880 g/mol. The molecule has 8 fully saturated rings. The summed E-state index contributed by atoms with van der Waals surface area (Å²) < 4.78 is 70.8. The minimum atomic E-state index is -1.02. The molecule has 135 heavy (non-hydrogen) atoms. The number of carbonyl (C=O) groups is 4. The molecule has 5 aliphatic carbocycles. The standard InChI is InChI=1S/C23H28F2N8O2.C23H28FN7O3.C22H26ClFN8O2.C21H26N8O3/c1-26-20-11-19(30-21-15(12-27-33(20)21)22(34)29-18-10-16(18)25)28-17-5-3-8-32(23(17)35)14-4-2-7-31(13-14)9-6-24;1-25-20-11-19(29-21-15(12-26-31(20)21)22(32)28-18-10-16(18)24)27-17-7-4-8-30(23(17)33)13-5-3-6-14(9-13)34-2;1-25-19-8-18(29-20-14(9-26-32(19)20)21(33)28-16-7-15(16)24)27-17-6-12(23)10-31(22(17)34)13-4-3-5-30(2)11-13;1-22-18-9-17(27-19-13(10-24-29(18)19)20(31)25-12-4-5-12)26-14-3-2-8-28(21(14)32)15-11-23-7-6-16(15)30/h3,5,8,11-12,14,16,18,26H,2,4,6-7,9-10,13H2,1H3,(H,28,30)(H,29,34);4,7-8,11-14,16,18,25H,3,5-6,9-10H2,1-2H3,(H,27,29)(H,28,32);6,8-10,13,15-16,25H,3-5,7,11H2,1-2H3,(H,27,29)(H,28,33);2-3,8-10,12,15-16,22-23,30H,4-7,11H2,1H3,(H,25,31)(H,26,27)/t14?,16-,18+;13-,14+,16+,18-;13-,15-,16+;15-,16+/m0100/s1. The number of aliphatic hydroxyl groups is 1. The second-order valence-electron chi connectivity index (χ2n) is 34.9. The molecule has 0 bridgehead atoms. The normalized spacial score (nSPS) is 22.4. The molecule has 20 rings (SSSR count). The molecule has 41 nitrogen and oxygen atoms in total. The van der Waals surface area contributed by atoms with Crippen molar-refractivity contribution >= 4 is 127 Å². The Morgan fingerprint density at radius 1 is 0.489 bits per heavy atom. The van der Waals surface area contributed by atoms with Gasteiger partial charge in [-0.25, -0.2) is 37.5 Å². The number of anilines is 12. The van der Waals surface area contributed by atoms with Crippen LogP contribution in [-0.4, -0.2) is 265 Å². The molecule has 46 heteroatoms. The Bertz CT molecular complexity index is 6660. The van der Waals surface area contributed by atoms with Gasteiger partial charge in [-0.1, -0.05) is 11.6 Å². The number of aromatic nitrogens is 16. The van der Waals surface area contributed by atoms with Crippen molar-refractivity contribution in [2.24, 2.45) is 0 Å². The maximum absolute atomic E-state index is 13.3. The zero-order chi connectivity index (χ0) is 94.6. The molecular weight excluding hydrogens is 1770 g/mol. The highest BCUT2D eigenvalue weighted by molar-refractivity contribution is 6.30. The van der Waals surface area contributed by atoms with E-state index in [0.29, 0.717) is 131 Å². The number of pyridine rings is 4. The number of piperidine rings is 3. The topological polar surface area (TPSA) is 469 Å². The minimum absolute atomic E-state index is 0.0284. The summed E-state index contributed by atoms with van der Waals surface area (Å²) in [6.45, 7) is 4.43. The highest BCUT2D eigenvalue weighted by Gasteiger charge is 2.42. The van der Waals surface area contributed by atoms with Crippen LogP contribution in [-0.2, 0) is 4.74 Å². The number of nitrogens with one attached hydrogen (secondary N) is 13. The van der Waals surface area contributed by atoms with Gasteiger partial charge in [0.2, 0.25) is 0 Å². The number of amides is 4. The van der Waals surface area contributed by atoms with E-state index in [2.05, 4.69) is 114 Å². The van der Waals surface area contributed by atoms with Crippen LogP contribution in [0.5, 0.6) is 0 Å². The van der Waals surface area contributed by atoms with E-state index >= 15 is 0 Å². The van der Waals surface area contributed by atoms with Gasteiger partial charge in [-0.2, -0.15) is 38.5 Å². The number of likely N-dealkylation sites (N-methyl/N-ethyl adjacent to an activating group) is 1. The van der Waals surface area contributed by atoms with E-state index < -0.39 is 67.1 Å². The zero-order valence-corrected chi connectivity index (χ0v) is 75.8.